The SMILES string of the molecule is COc1ccc2nccc([C@@H](O)CN3CCC(NCc4cc5cccnc5[nH]4)CC3)c2n1.O=C(O)C(=O)O. The second-order valence-corrected chi connectivity index (χ2v) is 8.94. The summed E-state index contributed by atoms with van der Waals surface area (Å²) in [6, 6.07) is 12.2. The Morgan fingerprint density at radius 3 is 2.58 bits per heavy atom. The summed E-state index contributed by atoms with van der Waals surface area (Å²) in [5.74, 6) is -3.12. The van der Waals surface area contributed by atoms with Gasteiger partial charge in [0.1, 0.15) is 5.65 Å². The van der Waals surface area contributed by atoms with Gasteiger partial charge in [0.15, 0.2) is 0 Å². The van der Waals surface area contributed by atoms with Gasteiger partial charge in [-0.1, -0.05) is 0 Å². The van der Waals surface area contributed by atoms with Gasteiger partial charge in [0.25, 0.3) is 0 Å². The number of aromatic nitrogens is 4. The number of methoxy groups -OCH3 is 1. The Hall–Kier alpha value is -4.13. The number of fused-ring (bicyclic) bond motifs is 2. The molecule has 200 valence electrons. The van der Waals surface area contributed by atoms with Crippen molar-refractivity contribution in [3.63, 3.8) is 0 Å². The van der Waals surface area contributed by atoms with Gasteiger partial charge in [0.05, 0.1) is 24.2 Å². The number of hydrogen-bond acceptors (Lipinski definition) is 9. The van der Waals surface area contributed by atoms with E-state index in [2.05, 4.69) is 42.3 Å². The summed E-state index contributed by atoms with van der Waals surface area (Å²) < 4.78 is 5.25. The van der Waals surface area contributed by atoms with E-state index in [0.29, 0.717) is 24.0 Å². The number of pyridine rings is 3. The van der Waals surface area contributed by atoms with Crippen LogP contribution in [-0.2, 0) is 16.1 Å². The van der Waals surface area contributed by atoms with Crippen LogP contribution in [0.1, 0.15) is 30.2 Å². The Labute approximate surface area is 218 Å². The maximum absolute atomic E-state index is 10.9. The van der Waals surface area contributed by atoms with Crippen LogP contribution in [0.2, 0.25) is 0 Å². The predicted octanol–water partition coefficient (Wildman–Crippen LogP) is 1.96. The van der Waals surface area contributed by atoms with Crippen molar-refractivity contribution in [1.82, 2.24) is 30.2 Å². The van der Waals surface area contributed by atoms with Gasteiger partial charge in [-0.15, -0.1) is 0 Å². The minimum absolute atomic E-state index is 0.468. The zero-order valence-corrected chi connectivity index (χ0v) is 20.9. The highest BCUT2D eigenvalue weighted by molar-refractivity contribution is 6.27. The first-order valence-corrected chi connectivity index (χ1v) is 12.2. The molecule has 5 N–H and O–H groups in total. The number of aliphatic carboxylic acids is 2. The normalized spacial score (nSPS) is 15.1. The van der Waals surface area contributed by atoms with Crippen LogP contribution in [0.15, 0.2) is 48.8 Å². The molecule has 0 aliphatic carbocycles. The molecular formula is C26H30N6O6. The first-order chi connectivity index (χ1) is 18.3. The zero-order chi connectivity index (χ0) is 27.1. The second kappa shape index (κ2) is 12.4. The van der Waals surface area contributed by atoms with E-state index < -0.39 is 18.0 Å². The van der Waals surface area contributed by atoms with E-state index >= 15 is 0 Å². The molecule has 1 aliphatic heterocycles. The van der Waals surface area contributed by atoms with E-state index in [9.17, 15) is 5.11 Å². The number of carboxylic acid groups (broad SMARTS) is 2. The summed E-state index contributed by atoms with van der Waals surface area (Å²) in [6.45, 7) is 3.28. The largest absolute Gasteiger partial charge is 0.481 e. The van der Waals surface area contributed by atoms with Crippen molar-refractivity contribution < 1.29 is 29.6 Å². The van der Waals surface area contributed by atoms with Crippen LogP contribution in [0, 0.1) is 0 Å². The van der Waals surface area contributed by atoms with Crippen molar-refractivity contribution >= 4 is 34.0 Å². The van der Waals surface area contributed by atoms with Gasteiger partial charge >= 0.3 is 11.9 Å². The number of β-amino-alcohol motifs (C(OH)–C–C–N with tert-alkyl or cyclic N) is 1. The van der Waals surface area contributed by atoms with Crippen molar-refractivity contribution in [2.75, 3.05) is 26.7 Å². The van der Waals surface area contributed by atoms with Crippen molar-refractivity contribution in [3.8, 4) is 5.88 Å². The lowest BCUT2D eigenvalue weighted by Gasteiger charge is -2.33. The average molecular weight is 523 g/mol. The van der Waals surface area contributed by atoms with Gasteiger partial charge in [0, 0.05) is 54.2 Å². The van der Waals surface area contributed by atoms with E-state index in [4.69, 9.17) is 24.5 Å². The lowest BCUT2D eigenvalue weighted by Crippen LogP contribution is -2.43. The molecule has 4 aromatic rings. The fourth-order valence-corrected chi connectivity index (χ4v) is 4.44. The Morgan fingerprint density at radius 2 is 1.89 bits per heavy atom. The number of aliphatic hydroxyl groups is 1. The van der Waals surface area contributed by atoms with Crippen LogP contribution in [0.25, 0.3) is 22.1 Å². The number of hydrogen-bond donors (Lipinski definition) is 5. The van der Waals surface area contributed by atoms with Crippen LogP contribution < -0.4 is 10.1 Å². The lowest BCUT2D eigenvalue weighted by atomic mass is 10.0. The van der Waals surface area contributed by atoms with Gasteiger partial charge in [-0.05, 0) is 56.3 Å². The van der Waals surface area contributed by atoms with Crippen LogP contribution in [0.4, 0.5) is 0 Å². The molecule has 0 aromatic carbocycles. The Kier molecular flexibility index (Phi) is 8.79. The first-order valence-electron chi connectivity index (χ1n) is 12.2. The highest BCUT2D eigenvalue weighted by Crippen LogP contribution is 2.25. The molecule has 0 unspecified atom stereocenters. The molecule has 1 atom stereocenters. The number of carboxylic acids is 2. The maximum atomic E-state index is 10.9. The number of aromatic amines is 1. The quantitative estimate of drug-likeness (QED) is 0.224. The second-order valence-electron chi connectivity index (χ2n) is 8.94. The minimum Gasteiger partial charge on any atom is -0.481 e. The summed E-state index contributed by atoms with van der Waals surface area (Å²) in [6.07, 6.45) is 5.01. The molecule has 1 saturated heterocycles. The molecule has 0 bridgehead atoms. The van der Waals surface area contributed by atoms with E-state index in [1.807, 2.05) is 24.4 Å². The fourth-order valence-electron chi connectivity index (χ4n) is 4.44. The molecule has 12 nitrogen and oxygen atoms in total. The van der Waals surface area contributed by atoms with E-state index in [1.165, 1.54) is 0 Å². The molecule has 0 amide bonds. The summed E-state index contributed by atoms with van der Waals surface area (Å²) in [5, 5.41) is 30.5. The van der Waals surface area contributed by atoms with Crippen molar-refractivity contribution in [2.24, 2.45) is 0 Å². The highest BCUT2D eigenvalue weighted by atomic mass is 16.5. The predicted molar refractivity (Wildman–Crippen MR) is 139 cm³/mol. The average Bonchev–Trinajstić information content (AvgIpc) is 3.35. The summed E-state index contributed by atoms with van der Waals surface area (Å²) in [5.41, 5.74) is 4.34. The number of ether oxygens (including phenoxy) is 1. The van der Waals surface area contributed by atoms with Crippen LogP contribution in [0.5, 0.6) is 5.88 Å². The van der Waals surface area contributed by atoms with E-state index in [0.717, 1.165) is 60.3 Å². The molecule has 4 aromatic heterocycles. The zero-order valence-electron chi connectivity index (χ0n) is 20.9. The minimum atomic E-state index is -1.82. The van der Waals surface area contributed by atoms with E-state index in [1.54, 1.807) is 19.4 Å². The molecule has 5 rings (SSSR count). The monoisotopic (exact) mass is 522 g/mol. The molecule has 0 radical (unpaired) electrons. The van der Waals surface area contributed by atoms with Crippen molar-refractivity contribution in [2.45, 2.75) is 31.5 Å². The first kappa shape index (κ1) is 26.9. The molecule has 1 aliphatic rings. The molecule has 0 spiro atoms. The topological polar surface area (TPSA) is 174 Å². The Balaban J connectivity index is 0.000000505. The Morgan fingerprint density at radius 1 is 1.13 bits per heavy atom. The number of rotatable bonds is 7. The molecular weight excluding hydrogens is 492 g/mol. The third-order valence-corrected chi connectivity index (χ3v) is 6.39. The summed E-state index contributed by atoms with van der Waals surface area (Å²) >= 11 is 0. The van der Waals surface area contributed by atoms with Crippen molar-refractivity contribution in [1.29, 1.82) is 0 Å². The third kappa shape index (κ3) is 6.79. The van der Waals surface area contributed by atoms with Gasteiger partial charge in [-0.3, -0.25) is 4.98 Å². The third-order valence-electron chi connectivity index (χ3n) is 6.39. The van der Waals surface area contributed by atoms with Gasteiger partial charge in [-0.25, -0.2) is 19.6 Å². The van der Waals surface area contributed by atoms with Gasteiger partial charge in [0.2, 0.25) is 5.88 Å². The van der Waals surface area contributed by atoms with Crippen molar-refractivity contribution in [3.05, 3.63) is 60.0 Å². The highest BCUT2D eigenvalue weighted by Gasteiger charge is 2.23. The summed E-state index contributed by atoms with van der Waals surface area (Å²) in [4.78, 5) is 37.1. The maximum Gasteiger partial charge on any atom is 0.414 e. The standard InChI is InChI=1S/C24H28N6O2.C2H2O4/c1-32-22-5-4-20-23(29-22)19(6-10-25-20)21(31)15-30-11-7-17(8-12-30)27-14-18-13-16-3-2-9-26-24(16)28-18;3-1(4)2(5)6/h2-6,9-10,13,17,21,27,31H,7-8,11-12,14-15H2,1H3,(H,26,28);(H,3,4)(H,5,6)/t21-;/m0./s1. The van der Waals surface area contributed by atoms with E-state index in [-0.39, 0.29) is 0 Å². The number of aliphatic hydroxyl groups excluding tert-OH is 1. The number of piperidine rings is 1. The smallest absolute Gasteiger partial charge is 0.414 e. The van der Waals surface area contributed by atoms with Gasteiger partial charge in [-0.2, -0.15) is 0 Å². The molecule has 12 heteroatoms. The number of nitrogens with zero attached hydrogens (tertiary/aromatic N) is 4. The fraction of sp³-hybridized carbons (Fsp3) is 0.346. The molecule has 5 heterocycles. The van der Waals surface area contributed by atoms with Crippen LogP contribution in [-0.4, -0.2) is 84.9 Å². The Bertz CT molecular complexity index is 1360. The number of nitrogens with one attached hydrogen (secondary N) is 2. The van der Waals surface area contributed by atoms with Gasteiger partial charge < -0.3 is 35.3 Å². The molecule has 38 heavy (non-hydrogen) atoms. The number of carbonyl (C=O) groups is 2. The molecule has 1 fully saturated rings. The number of H-pyrrole nitrogens is 1. The molecule has 0 saturated carbocycles. The summed E-state index contributed by atoms with van der Waals surface area (Å²) in [7, 11) is 1.59. The number of likely N-dealkylation sites (tertiary alicyclic amines) is 1. The van der Waals surface area contributed by atoms with Crippen LogP contribution >= 0.6 is 0 Å². The lowest BCUT2D eigenvalue weighted by molar-refractivity contribution is -0.159. The van der Waals surface area contributed by atoms with Crippen LogP contribution in [0.3, 0.4) is 0 Å².